The maximum absolute atomic E-state index is 12.5. The van der Waals surface area contributed by atoms with E-state index in [1.165, 1.54) is 12.8 Å². The van der Waals surface area contributed by atoms with Gasteiger partial charge in [0.25, 0.3) is 0 Å². The fourth-order valence-electron chi connectivity index (χ4n) is 3.84. The molecule has 2 heterocycles. The lowest BCUT2D eigenvalue weighted by atomic mass is 9.90. The quantitative estimate of drug-likeness (QED) is 0.868. The van der Waals surface area contributed by atoms with Crippen LogP contribution in [0.5, 0.6) is 0 Å². The topological polar surface area (TPSA) is 50.8 Å². The van der Waals surface area contributed by atoms with Gasteiger partial charge >= 0.3 is 6.03 Å². The van der Waals surface area contributed by atoms with Gasteiger partial charge in [-0.3, -0.25) is 0 Å². The first kappa shape index (κ1) is 16.1. The molecular weight excluding hydrogens is 280 g/mol. The summed E-state index contributed by atoms with van der Waals surface area (Å²) in [6.07, 6.45) is 4.58. The zero-order valence-electron chi connectivity index (χ0n) is 14.2. The number of hydrogen-bond donors (Lipinski definition) is 1. The van der Waals surface area contributed by atoms with Gasteiger partial charge in [0.2, 0.25) is 0 Å². The molecule has 0 spiro atoms. The number of nitrogens with zero attached hydrogens (tertiary/aromatic N) is 1. The van der Waals surface area contributed by atoms with Crippen LogP contribution in [0.3, 0.4) is 0 Å². The van der Waals surface area contributed by atoms with Crippen molar-refractivity contribution < 1.29 is 14.3 Å². The van der Waals surface area contributed by atoms with Crippen molar-refractivity contribution >= 4 is 6.03 Å². The minimum atomic E-state index is -0.505. The molecule has 0 aromatic rings. The highest BCUT2D eigenvalue weighted by Gasteiger charge is 2.46. The molecule has 1 aliphatic carbocycles. The van der Waals surface area contributed by atoms with Gasteiger partial charge in [0.1, 0.15) is 0 Å². The molecule has 0 unspecified atom stereocenters. The number of piperidine rings is 1. The Bertz CT molecular complexity index is 414. The van der Waals surface area contributed by atoms with Gasteiger partial charge in [-0.25, -0.2) is 4.79 Å². The van der Waals surface area contributed by atoms with Crippen molar-refractivity contribution in [3.05, 3.63) is 0 Å². The van der Waals surface area contributed by atoms with Crippen LogP contribution in [0.1, 0.15) is 46.5 Å². The second kappa shape index (κ2) is 6.00. The number of rotatable bonds is 4. The lowest BCUT2D eigenvalue weighted by Crippen LogP contribution is -2.52. The predicted octanol–water partition coefficient (Wildman–Crippen LogP) is 2.61. The fraction of sp³-hybridized carbons (Fsp3) is 0.941. The van der Waals surface area contributed by atoms with Crippen molar-refractivity contribution in [1.29, 1.82) is 0 Å². The molecule has 0 aromatic heterocycles. The van der Waals surface area contributed by atoms with Gasteiger partial charge < -0.3 is 19.7 Å². The monoisotopic (exact) mass is 310 g/mol. The van der Waals surface area contributed by atoms with Crippen molar-refractivity contribution in [2.24, 2.45) is 17.3 Å². The van der Waals surface area contributed by atoms with Gasteiger partial charge in [0, 0.05) is 25.6 Å². The molecule has 22 heavy (non-hydrogen) atoms. The van der Waals surface area contributed by atoms with Gasteiger partial charge in [0.15, 0.2) is 5.79 Å². The molecule has 2 aliphatic heterocycles. The summed E-state index contributed by atoms with van der Waals surface area (Å²) in [7, 11) is 0. The highest BCUT2D eigenvalue weighted by molar-refractivity contribution is 5.74. The van der Waals surface area contributed by atoms with Gasteiger partial charge in [-0.05, 0) is 43.9 Å². The predicted molar refractivity (Wildman–Crippen MR) is 84.5 cm³/mol. The number of ether oxygens (including phenoxy) is 2. The number of hydrogen-bond acceptors (Lipinski definition) is 3. The second-order valence-corrected chi connectivity index (χ2v) is 7.67. The van der Waals surface area contributed by atoms with Crippen molar-refractivity contribution in [2.75, 3.05) is 32.8 Å². The van der Waals surface area contributed by atoms with E-state index >= 15 is 0 Å². The van der Waals surface area contributed by atoms with Gasteiger partial charge in [-0.2, -0.15) is 0 Å². The lowest BCUT2D eigenvalue weighted by molar-refractivity contribution is -0.189. The Morgan fingerprint density at radius 3 is 2.59 bits per heavy atom. The summed E-state index contributed by atoms with van der Waals surface area (Å²) in [6, 6.07) is 0.0817. The van der Waals surface area contributed by atoms with Gasteiger partial charge in [0.05, 0.1) is 13.2 Å². The smallest absolute Gasteiger partial charge is 0.317 e. The van der Waals surface area contributed by atoms with E-state index in [0.29, 0.717) is 24.5 Å². The number of amides is 2. The molecule has 2 amide bonds. The third kappa shape index (κ3) is 3.11. The van der Waals surface area contributed by atoms with Crippen LogP contribution in [0.4, 0.5) is 4.79 Å². The highest BCUT2D eigenvalue weighted by Crippen LogP contribution is 2.51. The fourth-order valence-corrected chi connectivity index (χ4v) is 3.84. The Morgan fingerprint density at radius 2 is 2.00 bits per heavy atom. The molecule has 5 heteroatoms. The first-order chi connectivity index (χ1) is 10.5. The summed E-state index contributed by atoms with van der Waals surface area (Å²) in [6.45, 7) is 10.2. The number of carbonyl (C=O) groups is 1. The standard InChI is InChI=1S/C17H30N2O3/c1-13(2)17(6-7-17)12-18-15(20)19-8-4-5-14(11-19)16(3)21-9-10-22-16/h13-14H,4-12H2,1-3H3,(H,18,20)/t14-/m0/s1. The lowest BCUT2D eigenvalue weighted by Gasteiger charge is -2.40. The molecule has 1 atom stereocenters. The molecular formula is C17H30N2O3. The van der Waals surface area contributed by atoms with Crippen LogP contribution in [-0.4, -0.2) is 49.6 Å². The Morgan fingerprint density at radius 1 is 1.32 bits per heavy atom. The zero-order chi connectivity index (χ0) is 15.8. The van der Waals surface area contributed by atoms with Gasteiger partial charge in [-0.15, -0.1) is 0 Å². The third-order valence-electron chi connectivity index (χ3n) is 6.02. The van der Waals surface area contributed by atoms with Crippen LogP contribution in [0.2, 0.25) is 0 Å². The Balaban J connectivity index is 1.52. The first-order valence-corrected chi connectivity index (χ1v) is 8.76. The van der Waals surface area contributed by atoms with Crippen LogP contribution in [-0.2, 0) is 9.47 Å². The van der Waals surface area contributed by atoms with Crippen molar-refractivity contribution in [1.82, 2.24) is 10.2 Å². The highest BCUT2D eigenvalue weighted by atomic mass is 16.7. The molecule has 5 nitrogen and oxygen atoms in total. The average molecular weight is 310 g/mol. The Kier molecular flexibility index (Phi) is 4.38. The number of nitrogens with one attached hydrogen (secondary N) is 1. The number of likely N-dealkylation sites (tertiary alicyclic amines) is 1. The summed E-state index contributed by atoms with van der Waals surface area (Å²) in [5, 5.41) is 3.17. The molecule has 3 aliphatic rings. The minimum Gasteiger partial charge on any atom is -0.347 e. The molecule has 1 saturated carbocycles. The normalized spacial score (nSPS) is 29.6. The largest absolute Gasteiger partial charge is 0.347 e. The maximum atomic E-state index is 12.5. The van der Waals surface area contributed by atoms with Crippen molar-refractivity contribution in [3.63, 3.8) is 0 Å². The zero-order valence-corrected chi connectivity index (χ0v) is 14.2. The number of urea groups is 1. The molecule has 3 rings (SSSR count). The summed E-state index contributed by atoms with van der Waals surface area (Å²) < 4.78 is 11.6. The van der Waals surface area contributed by atoms with Crippen molar-refractivity contribution in [3.8, 4) is 0 Å². The molecule has 0 bridgehead atoms. The van der Waals surface area contributed by atoms with E-state index in [4.69, 9.17) is 9.47 Å². The summed E-state index contributed by atoms with van der Waals surface area (Å²) in [5.74, 6) is 0.407. The van der Waals surface area contributed by atoms with E-state index in [1.807, 2.05) is 11.8 Å². The Hall–Kier alpha value is -0.810. The molecule has 2 saturated heterocycles. The summed E-state index contributed by atoms with van der Waals surface area (Å²) >= 11 is 0. The second-order valence-electron chi connectivity index (χ2n) is 7.67. The molecule has 3 fully saturated rings. The van der Waals surface area contributed by atoms with Crippen LogP contribution >= 0.6 is 0 Å². The van der Waals surface area contributed by atoms with Crippen molar-refractivity contribution in [2.45, 2.75) is 52.2 Å². The average Bonchev–Trinajstić information content (AvgIpc) is 3.19. The van der Waals surface area contributed by atoms with E-state index in [1.54, 1.807) is 0 Å². The van der Waals surface area contributed by atoms with Gasteiger partial charge in [-0.1, -0.05) is 13.8 Å². The van der Waals surface area contributed by atoms with E-state index in [9.17, 15) is 4.79 Å². The summed E-state index contributed by atoms with van der Waals surface area (Å²) in [4.78, 5) is 14.4. The van der Waals surface area contributed by atoms with Crippen LogP contribution < -0.4 is 5.32 Å². The van der Waals surface area contributed by atoms with Crippen LogP contribution in [0.15, 0.2) is 0 Å². The Labute approximate surface area is 133 Å². The van der Waals surface area contributed by atoms with Crippen LogP contribution in [0.25, 0.3) is 0 Å². The maximum Gasteiger partial charge on any atom is 0.317 e. The molecule has 0 aromatic carbocycles. The SMILES string of the molecule is CC(C)C1(CNC(=O)N2CCC[C@H](C3(C)OCCO3)C2)CC1. The summed E-state index contributed by atoms with van der Waals surface area (Å²) in [5.41, 5.74) is 0.356. The van der Waals surface area contributed by atoms with E-state index in [2.05, 4.69) is 19.2 Å². The molecule has 1 N–H and O–H groups in total. The molecule has 0 radical (unpaired) electrons. The minimum absolute atomic E-state index is 0.0817. The van der Waals surface area contributed by atoms with Crippen LogP contribution in [0, 0.1) is 17.3 Å². The third-order valence-corrected chi connectivity index (χ3v) is 6.02. The van der Waals surface area contributed by atoms with E-state index in [-0.39, 0.29) is 11.9 Å². The van der Waals surface area contributed by atoms with E-state index < -0.39 is 5.79 Å². The first-order valence-electron chi connectivity index (χ1n) is 8.76. The molecule has 126 valence electrons. The number of carbonyl (C=O) groups excluding carboxylic acids is 1. The van der Waals surface area contributed by atoms with E-state index in [0.717, 1.165) is 32.5 Å².